The lowest BCUT2D eigenvalue weighted by Crippen LogP contribution is -1.94. The molecule has 2 N–H and O–H groups in total. The van der Waals surface area contributed by atoms with E-state index in [-0.39, 0.29) is 6.61 Å². The Morgan fingerprint density at radius 1 is 1.24 bits per heavy atom. The third-order valence-electron chi connectivity index (χ3n) is 2.43. The van der Waals surface area contributed by atoms with E-state index in [2.05, 4.69) is 20.2 Å². The van der Waals surface area contributed by atoms with Gasteiger partial charge < -0.3 is 10.1 Å². The zero-order valence-electron chi connectivity index (χ0n) is 8.92. The Morgan fingerprint density at radius 3 is 3.00 bits per heavy atom. The number of aromatic nitrogens is 4. The molecule has 0 saturated carbocycles. The summed E-state index contributed by atoms with van der Waals surface area (Å²) in [6, 6.07) is 7.91. The molecule has 0 aliphatic carbocycles. The summed E-state index contributed by atoms with van der Waals surface area (Å²) in [5.41, 5.74) is 2.53. The van der Waals surface area contributed by atoms with E-state index in [1.807, 2.05) is 24.3 Å². The van der Waals surface area contributed by atoms with Crippen molar-refractivity contribution >= 4 is 33.8 Å². The molecule has 2 heterocycles. The average molecular weight is 246 g/mol. The predicted molar refractivity (Wildman–Crippen MR) is 67.0 cm³/mol. The number of H-pyrrole nitrogens is 1. The molecule has 3 aromatic rings. The van der Waals surface area contributed by atoms with Crippen LogP contribution in [-0.4, -0.2) is 37.6 Å². The lowest BCUT2D eigenvalue weighted by molar-refractivity contribution is 0.322. The smallest absolute Gasteiger partial charge is 0.211 e. The van der Waals surface area contributed by atoms with Crippen molar-refractivity contribution in [1.29, 1.82) is 0 Å². The van der Waals surface area contributed by atoms with Crippen molar-refractivity contribution in [3.63, 3.8) is 0 Å². The van der Waals surface area contributed by atoms with Gasteiger partial charge in [0, 0.05) is 16.7 Å². The Bertz CT molecular complexity index is 667. The minimum atomic E-state index is 0.110. The number of thioether (sulfide) groups is 1. The highest BCUT2D eigenvalue weighted by atomic mass is 32.2. The van der Waals surface area contributed by atoms with Crippen molar-refractivity contribution in [3.05, 3.63) is 24.3 Å². The van der Waals surface area contributed by atoms with Crippen molar-refractivity contribution in [3.8, 4) is 0 Å². The van der Waals surface area contributed by atoms with Crippen LogP contribution in [0.2, 0.25) is 0 Å². The second-order valence-electron chi connectivity index (χ2n) is 3.53. The molecule has 0 spiro atoms. The van der Waals surface area contributed by atoms with Crippen LogP contribution in [-0.2, 0) is 0 Å². The molecule has 0 saturated heterocycles. The maximum absolute atomic E-state index is 8.75. The summed E-state index contributed by atoms with van der Waals surface area (Å²) in [7, 11) is 0. The van der Waals surface area contributed by atoms with Crippen molar-refractivity contribution in [1.82, 2.24) is 20.2 Å². The monoisotopic (exact) mass is 246 g/mol. The molecule has 0 unspecified atom stereocenters. The third kappa shape index (κ3) is 1.85. The molecule has 2 aromatic heterocycles. The minimum absolute atomic E-state index is 0.110. The van der Waals surface area contributed by atoms with E-state index in [0.717, 1.165) is 22.1 Å². The van der Waals surface area contributed by atoms with E-state index in [9.17, 15) is 0 Å². The normalized spacial score (nSPS) is 11.4. The highest BCUT2D eigenvalue weighted by molar-refractivity contribution is 7.99. The molecule has 0 radical (unpaired) electrons. The highest BCUT2D eigenvalue weighted by Crippen LogP contribution is 2.22. The van der Waals surface area contributed by atoms with Gasteiger partial charge in [0.25, 0.3) is 0 Å². The molecule has 0 fully saturated rings. The Morgan fingerprint density at radius 2 is 2.12 bits per heavy atom. The van der Waals surface area contributed by atoms with Crippen LogP contribution < -0.4 is 0 Å². The Balaban J connectivity index is 2.13. The molecule has 1 aromatic carbocycles. The van der Waals surface area contributed by atoms with Gasteiger partial charge in [0.05, 0.1) is 6.61 Å². The van der Waals surface area contributed by atoms with Crippen LogP contribution in [0.15, 0.2) is 29.4 Å². The number of rotatable bonds is 3. The van der Waals surface area contributed by atoms with E-state index in [4.69, 9.17) is 5.11 Å². The number of nitrogens with zero attached hydrogens (tertiary/aromatic N) is 3. The number of hydrogen-bond acceptors (Lipinski definition) is 5. The second-order valence-corrected chi connectivity index (χ2v) is 4.60. The first-order valence-corrected chi connectivity index (χ1v) is 6.22. The summed E-state index contributed by atoms with van der Waals surface area (Å²) < 4.78 is 0. The topological polar surface area (TPSA) is 74.7 Å². The van der Waals surface area contributed by atoms with E-state index in [1.54, 1.807) is 0 Å². The number of aliphatic hydroxyl groups is 1. The molecule has 6 heteroatoms. The first-order valence-electron chi connectivity index (χ1n) is 5.23. The van der Waals surface area contributed by atoms with Crippen LogP contribution in [0.3, 0.4) is 0 Å². The molecule has 3 rings (SSSR count). The van der Waals surface area contributed by atoms with Gasteiger partial charge in [-0.2, -0.15) is 0 Å². The number of aliphatic hydroxyl groups excluding tert-OH is 1. The Hall–Kier alpha value is -1.66. The van der Waals surface area contributed by atoms with Gasteiger partial charge in [0.1, 0.15) is 5.52 Å². The number of hydrogen-bond donors (Lipinski definition) is 2. The van der Waals surface area contributed by atoms with Crippen molar-refractivity contribution in [2.75, 3.05) is 12.4 Å². The lowest BCUT2D eigenvalue weighted by atomic mass is 10.2. The first-order chi connectivity index (χ1) is 8.38. The Labute approximate surface area is 101 Å². The number of para-hydroxylation sites is 1. The number of aromatic amines is 1. The molecular weight excluding hydrogens is 236 g/mol. The number of benzene rings is 1. The van der Waals surface area contributed by atoms with Crippen LogP contribution in [0.1, 0.15) is 0 Å². The highest BCUT2D eigenvalue weighted by Gasteiger charge is 2.08. The summed E-state index contributed by atoms with van der Waals surface area (Å²) in [4.78, 5) is 7.58. The van der Waals surface area contributed by atoms with Crippen LogP contribution >= 0.6 is 11.8 Å². The van der Waals surface area contributed by atoms with E-state index in [0.29, 0.717) is 10.9 Å². The van der Waals surface area contributed by atoms with E-state index in [1.165, 1.54) is 11.8 Å². The van der Waals surface area contributed by atoms with Crippen LogP contribution in [0, 0.1) is 0 Å². The van der Waals surface area contributed by atoms with Gasteiger partial charge in [0.2, 0.25) is 5.16 Å². The van der Waals surface area contributed by atoms with Crippen molar-refractivity contribution in [2.45, 2.75) is 5.16 Å². The maximum Gasteiger partial charge on any atom is 0.211 e. The first kappa shape index (κ1) is 10.5. The molecule has 0 bridgehead atoms. The van der Waals surface area contributed by atoms with Gasteiger partial charge in [0.15, 0.2) is 5.65 Å². The number of fused-ring (bicyclic) bond motifs is 3. The van der Waals surface area contributed by atoms with Gasteiger partial charge >= 0.3 is 0 Å². The van der Waals surface area contributed by atoms with Crippen molar-refractivity contribution in [2.24, 2.45) is 0 Å². The van der Waals surface area contributed by atoms with Crippen LogP contribution in [0.25, 0.3) is 22.1 Å². The van der Waals surface area contributed by atoms with Crippen molar-refractivity contribution < 1.29 is 5.11 Å². The molecule has 0 amide bonds. The van der Waals surface area contributed by atoms with Gasteiger partial charge in [-0.05, 0) is 6.07 Å². The van der Waals surface area contributed by atoms with Gasteiger partial charge in [-0.3, -0.25) is 0 Å². The summed E-state index contributed by atoms with van der Waals surface area (Å²) in [5.74, 6) is 0.577. The third-order valence-corrected chi connectivity index (χ3v) is 3.24. The van der Waals surface area contributed by atoms with E-state index >= 15 is 0 Å². The second kappa shape index (κ2) is 4.31. The lowest BCUT2D eigenvalue weighted by Gasteiger charge is -1.95. The van der Waals surface area contributed by atoms with E-state index < -0.39 is 0 Å². The fourth-order valence-electron chi connectivity index (χ4n) is 1.70. The molecule has 0 aliphatic rings. The van der Waals surface area contributed by atoms with Gasteiger partial charge in [-0.1, -0.05) is 30.0 Å². The zero-order chi connectivity index (χ0) is 11.7. The standard InChI is InChI=1S/C11H10N4OS/c16-5-6-17-11-13-10-9(14-15-11)7-3-1-2-4-8(7)12-10/h1-4,16H,5-6H2,(H,12,13,15). The average Bonchev–Trinajstić information content (AvgIpc) is 2.74. The summed E-state index contributed by atoms with van der Waals surface area (Å²) in [6.45, 7) is 0.110. The Kier molecular flexibility index (Phi) is 2.66. The molecule has 17 heavy (non-hydrogen) atoms. The quantitative estimate of drug-likeness (QED) is 0.686. The van der Waals surface area contributed by atoms with Crippen LogP contribution in [0.5, 0.6) is 0 Å². The molecule has 0 aliphatic heterocycles. The van der Waals surface area contributed by atoms with Gasteiger partial charge in [-0.15, -0.1) is 10.2 Å². The zero-order valence-corrected chi connectivity index (χ0v) is 9.74. The largest absolute Gasteiger partial charge is 0.396 e. The summed E-state index contributed by atoms with van der Waals surface area (Å²) in [5, 5.41) is 18.6. The summed E-state index contributed by atoms with van der Waals surface area (Å²) in [6.07, 6.45) is 0. The van der Waals surface area contributed by atoms with Gasteiger partial charge in [-0.25, -0.2) is 4.98 Å². The molecule has 0 atom stereocenters. The SMILES string of the molecule is OCCSc1nnc2c(n1)[nH]c1ccccc12. The molecule has 5 nitrogen and oxygen atoms in total. The minimum Gasteiger partial charge on any atom is -0.396 e. The molecule has 86 valence electrons. The summed E-state index contributed by atoms with van der Waals surface area (Å²) >= 11 is 1.39. The predicted octanol–water partition coefficient (Wildman–Crippen LogP) is 1.59. The fourth-order valence-corrected chi connectivity index (χ4v) is 2.23. The number of nitrogens with one attached hydrogen (secondary N) is 1. The molecular formula is C11H10N4OS. The van der Waals surface area contributed by atoms with Crippen LogP contribution in [0.4, 0.5) is 0 Å². The maximum atomic E-state index is 8.75. The fraction of sp³-hybridized carbons (Fsp3) is 0.182.